The molecule has 0 aliphatic carbocycles. The zero-order valence-electron chi connectivity index (χ0n) is 5.13. The minimum atomic E-state index is 0.136. The molecule has 0 aliphatic rings. The zero-order chi connectivity index (χ0) is 7.56. The summed E-state index contributed by atoms with van der Waals surface area (Å²) in [5.41, 5.74) is 0.502. The van der Waals surface area contributed by atoms with Crippen molar-refractivity contribution in [2.24, 2.45) is 0 Å². The predicted molar refractivity (Wildman–Crippen MR) is 43.7 cm³/mol. The third kappa shape index (κ3) is 1.14. The summed E-state index contributed by atoms with van der Waals surface area (Å²) in [5.74, 6) is 2.50. The van der Waals surface area contributed by atoms with Crippen molar-refractivity contribution in [3.8, 4) is 18.1 Å². The molecule has 1 aromatic rings. The Balaban J connectivity index is 3.34. The van der Waals surface area contributed by atoms with Crippen molar-refractivity contribution in [2.75, 3.05) is 0 Å². The summed E-state index contributed by atoms with van der Waals surface area (Å²) in [6.07, 6.45) is 5.11. The maximum Gasteiger partial charge on any atom is 0.132 e. The fraction of sp³-hybridized carbons (Fsp3) is 0. The van der Waals surface area contributed by atoms with Gasteiger partial charge in [-0.15, -0.1) is 6.42 Å². The lowest BCUT2D eigenvalue weighted by Gasteiger charge is -1.97. The van der Waals surface area contributed by atoms with Gasteiger partial charge >= 0.3 is 0 Å². The van der Waals surface area contributed by atoms with E-state index in [4.69, 9.17) is 11.5 Å². The summed E-state index contributed by atoms with van der Waals surface area (Å²) < 4.78 is 0.745. The molecule has 0 fully saturated rings. The van der Waals surface area contributed by atoms with Gasteiger partial charge in [-0.3, -0.25) is 0 Å². The number of hydrogen-bond acceptors (Lipinski definition) is 1. The second-order valence-corrected chi connectivity index (χ2v) is 2.63. The van der Waals surface area contributed by atoms with Crippen LogP contribution in [0.25, 0.3) is 0 Å². The van der Waals surface area contributed by atoms with Crippen LogP contribution in [-0.4, -0.2) is 5.11 Å². The molecule has 1 N–H and O–H groups in total. The van der Waals surface area contributed by atoms with E-state index in [9.17, 15) is 0 Å². The molecule has 0 bridgehead atoms. The molecule has 0 aliphatic heterocycles. The molecular formula is C8H5BrO. The fourth-order valence-corrected chi connectivity index (χ4v) is 1.13. The van der Waals surface area contributed by atoms with Gasteiger partial charge in [-0.05, 0) is 28.1 Å². The second kappa shape index (κ2) is 2.76. The number of phenols is 1. The quantitative estimate of drug-likeness (QED) is 0.631. The van der Waals surface area contributed by atoms with E-state index >= 15 is 0 Å². The zero-order valence-corrected chi connectivity index (χ0v) is 6.72. The van der Waals surface area contributed by atoms with Crippen LogP contribution >= 0.6 is 15.9 Å². The van der Waals surface area contributed by atoms with E-state index in [1.165, 1.54) is 0 Å². The van der Waals surface area contributed by atoms with Crippen molar-refractivity contribution in [3.63, 3.8) is 0 Å². The molecule has 0 spiro atoms. The molecule has 50 valence electrons. The highest BCUT2D eigenvalue weighted by atomic mass is 79.9. The highest BCUT2D eigenvalue weighted by molar-refractivity contribution is 9.10. The van der Waals surface area contributed by atoms with E-state index in [0.717, 1.165) is 4.47 Å². The summed E-state index contributed by atoms with van der Waals surface area (Å²) in [6.45, 7) is 0. The second-order valence-electron chi connectivity index (χ2n) is 1.78. The number of terminal acetylenes is 1. The lowest BCUT2D eigenvalue weighted by atomic mass is 10.2. The fourth-order valence-electron chi connectivity index (χ4n) is 0.656. The van der Waals surface area contributed by atoms with Gasteiger partial charge in [0.25, 0.3) is 0 Å². The molecule has 0 saturated heterocycles. The highest BCUT2D eigenvalue weighted by Crippen LogP contribution is 2.23. The molecule has 10 heavy (non-hydrogen) atoms. The van der Waals surface area contributed by atoms with E-state index in [2.05, 4.69) is 21.9 Å². The van der Waals surface area contributed by atoms with Gasteiger partial charge < -0.3 is 5.11 Å². The Kier molecular flexibility index (Phi) is 1.98. The lowest BCUT2D eigenvalue weighted by molar-refractivity contribution is 0.473. The summed E-state index contributed by atoms with van der Waals surface area (Å²) in [5, 5.41) is 9.12. The van der Waals surface area contributed by atoms with Gasteiger partial charge in [0.2, 0.25) is 0 Å². The summed E-state index contributed by atoms with van der Waals surface area (Å²) >= 11 is 3.20. The summed E-state index contributed by atoms with van der Waals surface area (Å²) in [6, 6.07) is 5.06. The maximum absolute atomic E-state index is 9.12. The van der Waals surface area contributed by atoms with Crippen molar-refractivity contribution < 1.29 is 5.11 Å². The Hall–Kier alpha value is -0.940. The van der Waals surface area contributed by atoms with Crippen LogP contribution in [0.15, 0.2) is 22.7 Å². The number of rotatable bonds is 0. The van der Waals surface area contributed by atoms with Gasteiger partial charge in [0.05, 0.1) is 5.56 Å². The van der Waals surface area contributed by atoms with Crippen LogP contribution in [0.4, 0.5) is 0 Å². The molecule has 0 unspecified atom stereocenters. The molecule has 1 nitrogen and oxygen atoms in total. The van der Waals surface area contributed by atoms with Crippen molar-refractivity contribution in [2.45, 2.75) is 0 Å². The van der Waals surface area contributed by atoms with Gasteiger partial charge in [-0.2, -0.15) is 0 Å². The van der Waals surface area contributed by atoms with Crippen molar-refractivity contribution in [1.29, 1.82) is 0 Å². The highest BCUT2D eigenvalue weighted by Gasteiger charge is 1.99. The molecule has 0 aromatic heterocycles. The average molecular weight is 197 g/mol. The van der Waals surface area contributed by atoms with Crippen LogP contribution in [0.3, 0.4) is 0 Å². The Labute approximate surface area is 67.8 Å². The minimum absolute atomic E-state index is 0.136. The SMILES string of the molecule is C#Cc1c(O)cccc1Br. The van der Waals surface area contributed by atoms with Gasteiger partial charge in [-0.1, -0.05) is 12.0 Å². The Morgan fingerprint density at radius 2 is 2.20 bits per heavy atom. The first-order chi connectivity index (χ1) is 4.75. The summed E-state index contributed by atoms with van der Waals surface area (Å²) in [7, 11) is 0. The van der Waals surface area contributed by atoms with Gasteiger partial charge in [0.1, 0.15) is 5.75 Å². The van der Waals surface area contributed by atoms with E-state index in [1.807, 2.05) is 0 Å². The molecule has 0 heterocycles. The molecule has 1 aromatic carbocycles. The molecule has 0 radical (unpaired) electrons. The molecule has 1 rings (SSSR count). The van der Waals surface area contributed by atoms with Crippen LogP contribution < -0.4 is 0 Å². The number of hydrogen-bond donors (Lipinski definition) is 1. The topological polar surface area (TPSA) is 20.2 Å². The minimum Gasteiger partial charge on any atom is -0.507 e. The number of benzene rings is 1. The first-order valence-corrected chi connectivity index (χ1v) is 3.49. The Morgan fingerprint density at radius 1 is 1.50 bits per heavy atom. The van der Waals surface area contributed by atoms with E-state index in [-0.39, 0.29) is 5.75 Å². The molecule has 0 atom stereocenters. The van der Waals surface area contributed by atoms with Gasteiger partial charge in [0, 0.05) is 4.47 Å². The summed E-state index contributed by atoms with van der Waals surface area (Å²) in [4.78, 5) is 0. The standard InChI is InChI=1S/C8H5BrO/c1-2-6-7(9)4-3-5-8(6)10/h1,3-5,10H. The van der Waals surface area contributed by atoms with Gasteiger partial charge in [0.15, 0.2) is 0 Å². The third-order valence-electron chi connectivity index (χ3n) is 1.14. The largest absolute Gasteiger partial charge is 0.507 e. The first kappa shape index (κ1) is 7.17. The van der Waals surface area contributed by atoms with Crippen molar-refractivity contribution in [3.05, 3.63) is 28.2 Å². The van der Waals surface area contributed by atoms with E-state index in [1.54, 1.807) is 18.2 Å². The predicted octanol–water partition coefficient (Wildman–Crippen LogP) is 2.14. The maximum atomic E-state index is 9.12. The first-order valence-electron chi connectivity index (χ1n) is 2.70. The Morgan fingerprint density at radius 3 is 2.60 bits per heavy atom. The molecule has 2 heteroatoms. The lowest BCUT2D eigenvalue weighted by Crippen LogP contribution is -1.76. The van der Waals surface area contributed by atoms with Crippen LogP contribution in [0.2, 0.25) is 0 Å². The van der Waals surface area contributed by atoms with Crippen molar-refractivity contribution in [1.82, 2.24) is 0 Å². The smallest absolute Gasteiger partial charge is 0.132 e. The van der Waals surface area contributed by atoms with Crippen LogP contribution in [0, 0.1) is 12.3 Å². The van der Waals surface area contributed by atoms with Crippen LogP contribution in [0.1, 0.15) is 5.56 Å². The van der Waals surface area contributed by atoms with Crippen LogP contribution in [-0.2, 0) is 0 Å². The molecular weight excluding hydrogens is 192 g/mol. The monoisotopic (exact) mass is 196 g/mol. The number of halogens is 1. The Bertz CT molecular complexity index is 266. The van der Waals surface area contributed by atoms with Gasteiger partial charge in [-0.25, -0.2) is 0 Å². The number of aromatic hydroxyl groups is 1. The normalized spacial score (nSPS) is 8.80. The van der Waals surface area contributed by atoms with Crippen LogP contribution in [0.5, 0.6) is 5.75 Å². The van der Waals surface area contributed by atoms with E-state index < -0.39 is 0 Å². The molecule has 0 saturated carbocycles. The third-order valence-corrected chi connectivity index (χ3v) is 1.80. The van der Waals surface area contributed by atoms with E-state index in [0.29, 0.717) is 5.56 Å². The molecule has 0 amide bonds. The van der Waals surface area contributed by atoms with Crippen molar-refractivity contribution >= 4 is 15.9 Å². The number of phenolic OH excluding ortho intramolecular Hbond substituents is 1. The average Bonchev–Trinajstić information content (AvgIpc) is 1.88.